The second kappa shape index (κ2) is 11.1. The first-order valence-corrected chi connectivity index (χ1v) is 11.3. The molecule has 0 spiro atoms. The average molecular weight is 452 g/mol. The highest BCUT2D eigenvalue weighted by molar-refractivity contribution is 5.23. The Bertz CT molecular complexity index is 652. The Balaban J connectivity index is 0.000000316. The van der Waals surface area contributed by atoms with Crippen molar-refractivity contribution in [1.29, 1.82) is 0 Å². The number of alkyl halides is 4. The molecule has 0 saturated heterocycles. The molecule has 0 aromatic heterocycles. The highest BCUT2D eigenvalue weighted by Gasteiger charge is 2.42. The topological polar surface area (TPSA) is 21.7 Å². The van der Waals surface area contributed by atoms with Gasteiger partial charge >= 0.3 is 0 Å². The molecule has 0 bridgehead atoms. The molecule has 0 saturated carbocycles. The number of hydrogen-bond donors (Lipinski definition) is 0. The summed E-state index contributed by atoms with van der Waals surface area (Å²) in [6.45, 7) is 15.7. The lowest BCUT2D eigenvalue weighted by Gasteiger charge is -2.33. The lowest BCUT2D eigenvalue weighted by molar-refractivity contribution is -0.0297. The van der Waals surface area contributed by atoms with E-state index in [-0.39, 0.29) is 54.4 Å². The van der Waals surface area contributed by atoms with Gasteiger partial charge in [-0.25, -0.2) is 17.6 Å². The molecule has 2 aliphatic rings. The zero-order valence-electron chi connectivity index (χ0n) is 20.6. The van der Waals surface area contributed by atoms with Crippen molar-refractivity contribution in [3.05, 3.63) is 22.7 Å². The number of halogens is 4. The summed E-state index contributed by atoms with van der Waals surface area (Å²) in [6.07, 6.45) is -0.184. The minimum atomic E-state index is -2.80. The van der Waals surface area contributed by atoms with Gasteiger partial charge in [-0.3, -0.25) is 4.90 Å². The number of hydrogen-bond acceptors (Lipinski definition) is 3. The fourth-order valence-electron chi connectivity index (χ4n) is 4.12. The fourth-order valence-corrected chi connectivity index (χ4v) is 4.12. The normalized spacial score (nSPS) is 24.5. The number of allylic oxidation sites excluding steroid dienone is 3. The van der Waals surface area contributed by atoms with Crippen LogP contribution in [0.4, 0.5) is 17.6 Å². The molecule has 7 heteroatoms. The highest BCUT2D eigenvalue weighted by atomic mass is 19.3. The third kappa shape index (κ3) is 7.40. The maximum atomic E-state index is 14.2. The molecule has 0 atom stereocenters. The third-order valence-electron chi connectivity index (χ3n) is 5.40. The number of nitrogens with zero attached hydrogens (tertiary/aromatic N) is 1. The van der Waals surface area contributed by atoms with Crippen LogP contribution >= 0.6 is 0 Å². The van der Waals surface area contributed by atoms with E-state index < -0.39 is 11.8 Å². The minimum Gasteiger partial charge on any atom is -0.497 e. The lowest BCUT2D eigenvalue weighted by Crippen LogP contribution is -2.42. The van der Waals surface area contributed by atoms with E-state index in [0.717, 1.165) is 0 Å². The smallest absolute Gasteiger partial charge is 0.285 e. The molecule has 182 valence electrons. The van der Waals surface area contributed by atoms with Crippen LogP contribution in [0.2, 0.25) is 0 Å². The number of ether oxygens (including phenoxy) is 2. The van der Waals surface area contributed by atoms with Gasteiger partial charge in [0.05, 0.1) is 13.2 Å². The third-order valence-corrected chi connectivity index (χ3v) is 5.40. The first-order chi connectivity index (χ1) is 14.1. The monoisotopic (exact) mass is 451 g/mol. The Morgan fingerprint density at radius 1 is 0.677 bits per heavy atom. The minimum absolute atomic E-state index is 0.00156. The molecule has 2 heterocycles. The largest absolute Gasteiger partial charge is 0.497 e. The second-order valence-corrected chi connectivity index (χ2v) is 9.77. The first kappa shape index (κ1) is 27.8. The van der Waals surface area contributed by atoms with Gasteiger partial charge in [0, 0.05) is 35.9 Å². The Hall–Kier alpha value is -1.24. The molecule has 0 aromatic rings. The van der Waals surface area contributed by atoms with E-state index in [2.05, 4.69) is 0 Å². The molecular formula is C24H41F4NO2. The van der Waals surface area contributed by atoms with Gasteiger partial charge in [0.2, 0.25) is 0 Å². The molecule has 0 aromatic carbocycles. The quantitative estimate of drug-likeness (QED) is 0.441. The molecule has 31 heavy (non-hydrogen) atoms. The van der Waals surface area contributed by atoms with Gasteiger partial charge in [-0.05, 0) is 18.9 Å². The van der Waals surface area contributed by atoms with Crippen LogP contribution in [0.5, 0.6) is 0 Å². The predicted molar refractivity (Wildman–Crippen MR) is 117 cm³/mol. The highest BCUT2D eigenvalue weighted by Crippen LogP contribution is 2.41. The average Bonchev–Trinajstić information content (AvgIpc) is 2.57. The summed E-state index contributed by atoms with van der Waals surface area (Å²) in [7, 11) is 1.70. The van der Waals surface area contributed by atoms with Crippen molar-refractivity contribution in [1.82, 2.24) is 4.90 Å². The molecule has 2 rings (SSSR count). The van der Waals surface area contributed by atoms with Crippen molar-refractivity contribution in [3.8, 4) is 0 Å². The zero-order chi connectivity index (χ0) is 24.1. The van der Waals surface area contributed by atoms with Crippen LogP contribution in [0, 0.1) is 23.7 Å². The van der Waals surface area contributed by atoms with Crippen LogP contribution in [-0.2, 0) is 9.47 Å². The van der Waals surface area contributed by atoms with Crippen LogP contribution in [0.15, 0.2) is 22.7 Å². The van der Waals surface area contributed by atoms with E-state index in [1.54, 1.807) is 39.6 Å². The summed E-state index contributed by atoms with van der Waals surface area (Å²) in [5.41, 5.74) is 0.359. The van der Waals surface area contributed by atoms with E-state index in [4.69, 9.17) is 9.47 Å². The summed E-state index contributed by atoms with van der Waals surface area (Å²) < 4.78 is 66.6. The fraction of sp³-hybridized carbons (Fsp3) is 0.833. The summed E-state index contributed by atoms with van der Waals surface area (Å²) >= 11 is 0. The Labute approximate surface area is 185 Å². The van der Waals surface area contributed by atoms with Crippen molar-refractivity contribution < 1.29 is 27.0 Å². The predicted octanol–water partition coefficient (Wildman–Crippen LogP) is 6.76. The van der Waals surface area contributed by atoms with Gasteiger partial charge in [-0.2, -0.15) is 0 Å². The van der Waals surface area contributed by atoms with E-state index in [1.807, 2.05) is 27.7 Å². The summed E-state index contributed by atoms with van der Waals surface area (Å²) in [4.78, 5) is 1.62. The maximum absolute atomic E-state index is 14.2. The Morgan fingerprint density at radius 2 is 1.10 bits per heavy atom. The van der Waals surface area contributed by atoms with Gasteiger partial charge in [-0.1, -0.05) is 55.4 Å². The summed E-state index contributed by atoms with van der Waals surface area (Å²) in [5.74, 6) is -4.80. The molecule has 0 N–H and O–H groups in total. The number of rotatable bonds is 4. The first-order valence-electron chi connectivity index (χ1n) is 11.3. The molecule has 3 nitrogen and oxygen atoms in total. The van der Waals surface area contributed by atoms with Crippen molar-refractivity contribution in [2.24, 2.45) is 23.7 Å². The standard InChI is InChI=1S/C13H23F2NO.C11H18F2O/c1-9(2)11-12(10(3)4)17-7-6-16(5)8-13(11,14)15;1-7(2)9-10(8(3)4)14-6-5-11(9,12)13/h9-10H,6-8H2,1-5H3;7-8H,5-6H2,1-4H3/b12-11-;. The van der Waals surface area contributed by atoms with Crippen LogP contribution in [-0.4, -0.2) is 50.1 Å². The van der Waals surface area contributed by atoms with E-state index >= 15 is 0 Å². The van der Waals surface area contributed by atoms with Crippen molar-refractivity contribution in [2.45, 2.75) is 73.7 Å². The molecule has 0 radical (unpaired) electrons. The number of likely N-dealkylation sites (N-methyl/N-ethyl adjacent to an activating group) is 1. The molecule has 0 aliphatic carbocycles. The maximum Gasteiger partial charge on any atom is 0.285 e. The van der Waals surface area contributed by atoms with Gasteiger partial charge in [-0.15, -0.1) is 0 Å². The second-order valence-electron chi connectivity index (χ2n) is 9.77. The molecule has 0 fully saturated rings. The van der Waals surface area contributed by atoms with E-state index in [1.165, 1.54) is 0 Å². The molecule has 0 unspecified atom stereocenters. The van der Waals surface area contributed by atoms with Crippen LogP contribution in [0.25, 0.3) is 0 Å². The van der Waals surface area contributed by atoms with Crippen LogP contribution < -0.4 is 0 Å². The van der Waals surface area contributed by atoms with Crippen LogP contribution in [0.1, 0.15) is 61.8 Å². The van der Waals surface area contributed by atoms with Crippen LogP contribution in [0.3, 0.4) is 0 Å². The Kier molecular flexibility index (Phi) is 9.92. The molecule has 2 aliphatic heterocycles. The summed E-state index contributed by atoms with van der Waals surface area (Å²) in [5, 5.41) is 0. The van der Waals surface area contributed by atoms with Gasteiger partial charge in [0.25, 0.3) is 11.8 Å². The summed E-state index contributed by atoms with van der Waals surface area (Å²) in [6, 6.07) is 0. The SMILES string of the molecule is CC(C)/C1=C(\C(C)C)C(F)(F)CN(C)CCO1.CC(C)C1=C(C(C)C)C(F)(F)CCO1. The van der Waals surface area contributed by atoms with Crippen molar-refractivity contribution in [3.63, 3.8) is 0 Å². The van der Waals surface area contributed by atoms with Gasteiger partial charge < -0.3 is 9.47 Å². The van der Waals surface area contributed by atoms with E-state index in [9.17, 15) is 17.6 Å². The molecular weight excluding hydrogens is 410 g/mol. The van der Waals surface area contributed by atoms with Gasteiger partial charge in [0.1, 0.15) is 18.1 Å². The lowest BCUT2D eigenvalue weighted by atomic mass is 9.89. The van der Waals surface area contributed by atoms with Gasteiger partial charge in [0.15, 0.2) is 0 Å². The molecule has 0 amide bonds. The van der Waals surface area contributed by atoms with E-state index in [0.29, 0.717) is 24.7 Å². The zero-order valence-corrected chi connectivity index (χ0v) is 20.6. The Morgan fingerprint density at radius 3 is 1.52 bits per heavy atom. The van der Waals surface area contributed by atoms with Crippen molar-refractivity contribution >= 4 is 0 Å². The van der Waals surface area contributed by atoms with Crippen molar-refractivity contribution in [2.75, 3.05) is 33.4 Å².